The number of amides is 1. The van der Waals surface area contributed by atoms with E-state index >= 15 is 0 Å². The van der Waals surface area contributed by atoms with Crippen LogP contribution >= 0.6 is 12.4 Å². The molecule has 1 saturated heterocycles. The van der Waals surface area contributed by atoms with E-state index in [4.69, 9.17) is 10.6 Å². The maximum absolute atomic E-state index is 10.7. The Morgan fingerprint density at radius 3 is 2.91 bits per heavy atom. The summed E-state index contributed by atoms with van der Waals surface area (Å²) in [6.07, 6.45) is 2.54. The molecule has 1 unspecified atom stereocenters. The molecule has 1 rings (SSSR count). The van der Waals surface area contributed by atoms with Crippen LogP contribution < -0.4 is 11.3 Å². The number of ether oxygens (including phenoxy) is 1. The summed E-state index contributed by atoms with van der Waals surface area (Å²) in [6, 6.07) is 0. The van der Waals surface area contributed by atoms with Crippen LogP contribution in [0.5, 0.6) is 0 Å². The normalized spacial score (nSPS) is 22.5. The first kappa shape index (κ1) is 10.7. The van der Waals surface area contributed by atoms with Gasteiger partial charge in [0.15, 0.2) is 0 Å². The van der Waals surface area contributed by atoms with Crippen LogP contribution in [-0.4, -0.2) is 18.6 Å². The largest absolute Gasteiger partial charge is 0.378 e. The van der Waals surface area contributed by atoms with E-state index < -0.39 is 0 Å². The summed E-state index contributed by atoms with van der Waals surface area (Å²) in [7, 11) is 0. The lowest BCUT2D eigenvalue weighted by molar-refractivity contribution is -0.123. The predicted molar refractivity (Wildman–Crippen MR) is 43.2 cm³/mol. The molecular weight excluding hydrogens is 168 g/mol. The van der Waals surface area contributed by atoms with Gasteiger partial charge < -0.3 is 4.74 Å². The molecule has 11 heavy (non-hydrogen) atoms. The van der Waals surface area contributed by atoms with Gasteiger partial charge >= 0.3 is 0 Å². The second kappa shape index (κ2) is 5.35. The first-order chi connectivity index (χ1) is 4.83. The molecule has 1 atom stereocenters. The zero-order valence-electron chi connectivity index (χ0n) is 6.21. The molecule has 0 aromatic rings. The van der Waals surface area contributed by atoms with Crippen LogP contribution in [0.3, 0.4) is 0 Å². The third kappa shape index (κ3) is 3.55. The van der Waals surface area contributed by atoms with Crippen LogP contribution in [0, 0.1) is 0 Å². The van der Waals surface area contributed by atoms with Gasteiger partial charge in [-0.25, -0.2) is 5.84 Å². The van der Waals surface area contributed by atoms with E-state index in [9.17, 15) is 4.79 Å². The summed E-state index contributed by atoms with van der Waals surface area (Å²) < 4.78 is 5.21. The Morgan fingerprint density at radius 1 is 1.73 bits per heavy atom. The van der Waals surface area contributed by atoms with Crippen LogP contribution in [0.2, 0.25) is 0 Å². The van der Waals surface area contributed by atoms with Crippen molar-refractivity contribution >= 4 is 18.3 Å². The number of hydrogen-bond acceptors (Lipinski definition) is 3. The lowest BCUT2D eigenvalue weighted by atomic mass is 10.2. The Balaban J connectivity index is 0.000001000. The highest BCUT2D eigenvalue weighted by Gasteiger charge is 2.17. The molecule has 1 heterocycles. The Bertz CT molecular complexity index is 126. The monoisotopic (exact) mass is 180 g/mol. The molecule has 1 aliphatic rings. The summed E-state index contributed by atoms with van der Waals surface area (Å²) in [5.74, 6) is 4.75. The van der Waals surface area contributed by atoms with Crippen molar-refractivity contribution in [3.05, 3.63) is 0 Å². The number of carbonyl (C=O) groups excluding carboxylic acids is 1. The van der Waals surface area contributed by atoms with E-state index in [1.807, 2.05) is 0 Å². The first-order valence-electron chi connectivity index (χ1n) is 3.44. The van der Waals surface area contributed by atoms with E-state index in [2.05, 4.69) is 5.43 Å². The van der Waals surface area contributed by atoms with Crippen LogP contribution in [0.4, 0.5) is 0 Å². The van der Waals surface area contributed by atoms with Gasteiger partial charge in [-0.3, -0.25) is 10.2 Å². The summed E-state index contributed by atoms with van der Waals surface area (Å²) in [5.41, 5.74) is 2.07. The molecule has 5 heteroatoms. The number of hydrogen-bond donors (Lipinski definition) is 2. The summed E-state index contributed by atoms with van der Waals surface area (Å²) in [5, 5.41) is 0. The number of nitrogens with one attached hydrogen (secondary N) is 1. The molecule has 66 valence electrons. The molecule has 1 amide bonds. The predicted octanol–water partition coefficient (Wildman–Crippen LogP) is -0.0328. The highest BCUT2D eigenvalue weighted by Crippen LogP contribution is 2.14. The quantitative estimate of drug-likeness (QED) is 0.356. The minimum Gasteiger partial charge on any atom is -0.378 e. The smallest absolute Gasteiger partial charge is 0.236 e. The van der Waals surface area contributed by atoms with E-state index in [1.54, 1.807) is 0 Å². The van der Waals surface area contributed by atoms with Crippen LogP contribution in [0.15, 0.2) is 0 Å². The molecule has 1 fully saturated rings. The molecule has 0 aliphatic carbocycles. The fourth-order valence-electron chi connectivity index (χ4n) is 1.07. The molecule has 0 saturated carbocycles. The van der Waals surface area contributed by atoms with Crippen molar-refractivity contribution in [1.29, 1.82) is 0 Å². The molecule has 0 radical (unpaired) electrons. The van der Waals surface area contributed by atoms with E-state index in [-0.39, 0.29) is 24.4 Å². The second-order valence-electron chi connectivity index (χ2n) is 2.41. The number of rotatable bonds is 2. The minimum atomic E-state index is -0.146. The lowest BCUT2D eigenvalue weighted by Gasteiger charge is -2.06. The maximum Gasteiger partial charge on any atom is 0.236 e. The third-order valence-corrected chi connectivity index (χ3v) is 1.60. The van der Waals surface area contributed by atoms with Crippen molar-refractivity contribution in [2.75, 3.05) is 6.61 Å². The standard InChI is InChI=1S/C6H12N2O2.ClH/c7-8-6(9)4-5-2-1-3-10-5;/h5H,1-4,7H2,(H,8,9);1H. The molecule has 4 nitrogen and oxygen atoms in total. The van der Waals surface area contributed by atoms with Gasteiger partial charge in [-0.05, 0) is 12.8 Å². The van der Waals surface area contributed by atoms with E-state index in [0.717, 1.165) is 19.4 Å². The average Bonchev–Trinajstić information content (AvgIpc) is 2.40. The van der Waals surface area contributed by atoms with Crippen molar-refractivity contribution in [3.63, 3.8) is 0 Å². The molecule has 3 N–H and O–H groups in total. The van der Waals surface area contributed by atoms with Crippen LogP contribution in [-0.2, 0) is 9.53 Å². The number of halogens is 1. The minimum absolute atomic E-state index is 0. The van der Waals surface area contributed by atoms with Crippen molar-refractivity contribution < 1.29 is 9.53 Å². The van der Waals surface area contributed by atoms with Gasteiger partial charge in [0, 0.05) is 6.61 Å². The van der Waals surface area contributed by atoms with Gasteiger partial charge in [-0.2, -0.15) is 0 Å². The van der Waals surface area contributed by atoms with Gasteiger partial charge in [0.25, 0.3) is 0 Å². The van der Waals surface area contributed by atoms with Gasteiger partial charge in [0.1, 0.15) is 0 Å². The van der Waals surface area contributed by atoms with Crippen LogP contribution in [0.1, 0.15) is 19.3 Å². The molecule has 0 aromatic carbocycles. The fraction of sp³-hybridized carbons (Fsp3) is 0.833. The van der Waals surface area contributed by atoms with Gasteiger partial charge in [-0.15, -0.1) is 12.4 Å². The molecule has 0 spiro atoms. The Kier molecular flexibility index (Phi) is 5.19. The number of nitrogens with two attached hydrogens (primary N) is 1. The second-order valence-corrected chi connectivity index (χ2v) is 2.41. The van der Waals surface area contributed by atoms with Gasteiger partial charge in [0.2, 0.25) is 5.91 Å². The Labute approximate surface area is 71.8 Å². The highest BCUT2D eigenvalue weighted by atomic mass is 35.5. The first-order valence-corrected chi connectivity index (χ1v) is 3.44. The number of hydrazine groups is 1. The summed E-state index contributed by atoms with van der Waals surface area (Å²) >= 11 is 0. The fourth-order valence-corrected chi connectivity index (χ4v) is 1.07. The summed E-state index contributed by atoms with van der Waals surface area (Å²) in [6.45, 7) is 0.780. The summed E-state index contributed by atoms with van der Waals surface area (Å²) in [4.78, 5) is 10.7. The van der Waals surface area contributed by atoms with Gasteiger partial charge in [-0.1, -0.05) is 0 Å². The number of carbonyl (C=O) groups is 1. The van der Waals surface area contributed by atoms with Crippen LogP contribution in [0.25, 0.3) is 0 Å². The maximum atomic E-state index is 10.7. The zero-order chi connectivity index (χ0) is 7.40. The lowest BCUT2D eigenvalue weighted by Crippen LogP contribution is -2.32. The van der Waals surface area contributed by atoms with E-state index in [1.165, 1.54) is 0 Å². The van der Waals surface area contributed by atoms with Crippen molar-refractivity contribution in [2.45, 2.75) is 25.4 Å². The van der Waals surface area contributed by atoms with Crippen molar-refractivity contribution in [2.24, 2.45) is 5.84 Å². The topological polar surface area (TPSA) is 64.3 Å². The Morgan fingerprint density at radius 2 is 2.45 bits per heavy atom. The zero-order valence-corrected chi connectivity index (χ0v) is 7.02. The molecular formula is C6H13ClN2O2. The SMILES string of the molecule is Cl.NNC(=O)CC1CCCO1. The molecule has 0 aromatic heterocycles. The molecule has 0 bridgehead atoms. The van der Waals surface area contributed by atoms with Gasteiger partial charge in [0.05, 0.1) is 12.5 Å². The Hall–Kier alpha value is -0.320. The molecule has 1 aliphatic heterocycles. The third-order valence-electron chi connectivity index (χ3n) is 1.60. The highest BCUT2D eigenvalue weighted by molar-refractivity contribution is 5.85. The van der Waals surface area contributed by atoms with Crippen molar-refractivity contribution in [1.82, 2.24) is 5.43 Å². The average molecular weight is 181 g/mol. The van der Waals surface area contributed by atoms with Crippen molar-refractivity contribution in [3.8, 4) is 0 Å². The van der Waals surface area contributed by atoms with E-state index in [0.29, 0.717) is 6.42 Å².